The lowest BCUT2D eigenvalue weighted by atomic mass is 9.83. The van der Waals surface area contributed by atoms with Gasteiger partial charge in [0.15, 0.2) is 0 Å². The van der Waals surface area contributed by atoms with Crippen molar-refractivity contribution in [3.8, 4) is 0 Å². The summed E-state index contributed by atoms with van der Waals surface area (Å²) in [6.45, 7) is 6.67. The van der Waals surface area contributed by atoms with Gasteiger partial charge in [-0.15, -0.1) is 0 Å². The average Bonchev–Trinajstić information content (AvgIpc) is 2.78. The number of nitrogens with zero attached hydrogens (tertiary/aromatic N) is 1. The van der Waals surface area contributed by atoms with Crippen molar-refractivity contribution in [1.82, 2.24) is 4.90 Å². The first-order valence-electron chi connectivity index (χ1n) is 6.39. The lowest BCUT2D eigenvalue weighted by Gasteiger charge is -2.30. The Morgan fingerprint density at radius 1 is 1.18 bits per heavy atom. The van der Waals surface area contributed by atoms with Gasteiger partial charge in [-0.25, -0.2) is 0 Å². The van der Waals surface area contributed by atoms with Gasteiger partial charge in [-0.1, -0.05) is 13.8 Å². The SMILES string of the molecule is CCC(C=O)(CC)CN1CC(OC)C(OC)C1. The molecule has 17 heavy (non-hydrogen) atoms. The topological polar surface area (TPSA) is 38.8 Å². The minimum atomic E-state index is -0.207. The van der Waals surface area contributed by atoms with E-state index in [0.29, 0.717) is 0 Å². The molecule has 1 rings (SSSR count). The van der Waals surface area contributed by atoms with Crippen LogP contribution in [0.25, 0.3) is 0 Å². The Morgan fingerprint density at radius 3 is 1.94 bits per heavy atom. The molecule has 0 saturated carbocycles. The molecule has 0 aromatic carbocycles. The van der Waals surface area contributed by atoms with Crippen LogP contribution in [0.1, 0.15) is 26.7 Å². The predicted molar refractivity (Wildman–Crippen MR) is 67.1 cm³/mol. The number of carbonyl (C=O) groups is 1. The lowest BCUT2D eigenvalue weighted by Crippen LogP contribution is -2.37. The molecule has 0 spiro atoms. The molecular formula is C13H25NO3. The zero-order chi connectivity index (χ0) is 12.9. The number of methoxy groups -OCH3 is 2. The number of hydrogen-bond acceptors (Lipinski definition) is 4. The van der Waals surface area contributed by atoms with Gasteiger partial charge in [-0.2, -0.15) is 0 Å². The van der Waals surface area contributed by atoms with Crippen LogP contribution in [0.3, 0.4) is 0 Å². The summed E-state index contributed by atoms with van der Waals surface area (Å²) >= 11 is 0. The fraction of sp³-hybridized carbons (Fsp3) is 0.923. The summed E-state index contributed by atoms with van der Waals surface area (Å²) < 4.78 is 10.8. The Labute approximate surface area is 104 Å². The lowest BCUT2D eigenvalue weighted by molar-refractivity contribution is -0.117. The molecule has 4 heteroatoms. The number of carbonyl (C=O) groups excluding carboxylic acids is 1. The van der Waals surface area contributed by atoms with Gasteiger partial charge in [0, 0.05) is 39.3 Å². The van der Waals surface area contributed by atoms with Crippen LogP contribution < -0.4 is 0 Å². The van der Waals surface area contributed by atoms with E-state index in [1.165, 1.54) is 0 Å². The minimum Gasteiger partial charge on any atom is -0.377 e. The Bertz CT molecular complexity index is 229. The summed E-state index contributed by atoms with van der Waals surface area (Å²) in [5.41, 5.74) is -0.207. The molecule has 0 bridgehead atoms. The molecule has 0 aliphatic carbocycles. The van der Waals surface area contributed by atoms with Crippen LogP contribution in [-0.4, -0.2) is 57.2 Å². The van der Waals surface area contributed by atoms with Crippen molar-refractivity contribution in [3.63, 3.8) is 0 Å². The molecule has 1 saturated heterocycles. The zero-order valence-electron chi connectivity index (χ0n) is 11.4. The summed E-state index contributed by atoms with van der Waals surface area (Å²) in [4.78, 5) is 13.6. The van der Waals surface area contributed by atoms with E-state index < -0.39 is 0 Å². The summed E-state index contributed by atoms with van der Waals surface area (Å²) in [6.07, 6.45) is 3.14. The highest BCUT2D eigenvalue weighted by molar-refractivity contribution is 5.59. The van der Waals surface area contributed by atoms with Crippen molar-refractivity contribution in [1.29, 1.82) is 0 Å². The molecule has 4 nitrogen and oxygen atoms in total. The Morgan fingerprint density at radius 2 is 1.65 bits per heavy atom. The van der Waals surface area contributed by atoms with Crippen LogP contribution in [0.4, 0.5) is 0 Å². The highest BCUT2D eigenvalue weighted by Gasteiger charge is 2.37. The van der Waals surface area contributed by atoms with Gasteiger partial charge in [-0.05, 0) is 12.8 Å². The number of rotatable bonds is 7. The molecule has 1 heterocycles. The van der Waals surface area contributed by atoms with E-state index in [2.05, 4.69) is 18.7 Å². The first kappa shape index (κ1) is 14.6. The fourth-order valence-electron chi connectivity index (χ4n) is 2.52. The molecule has 1 fully saturated rings. The largest absolute Gasteiger partial charge is 0.377 e. The van der Waals surface area contributed by atoms with Gasteiger partial charge in [0.05, 0.1) is 12.2 Å². The number of likely N-dealkylation sites (tertiary alicyclic amines) is 1. The van der Waals surface area contributed by atoms with Crippen LogP contribution >= 0.6 is 0 Å². The molecule has 0 radical (unpaired) electrons. The molecular weight excluding hydrogens is 218 g/mol. The van der Waals surface area contributed by atoms with Gasteiger partial charge in [0.2, 0.25) is 0 Å². The van der Waals surface area contributed by atoms with Crippen LogP contribution in [0.5, 0.6) is 0 Å². The fourth-order valence-corrected chi connectivity index (χ4v) is 2.52. The normalized spacial score (nSPS) is 26.4. The molecule has 0 N–H and O–H groups in total. The van der Waals surface area contributed by atoms with Crippen molar-refractivity contribution in [2.45, 2.75) is 38.9 Å². The molecule has 1 aliphatic heterocycles. The first-order chi connectivity index (χ1) is 8.14. The quantitative estimate of drug-likeness (QED) is 0.633. The van der Waals surface area contributed by atoms with Crippen molar-refractivity contribution in [3.05, 3.63) is 0 Å². The maximum Gasteiger partial charge on any atom is 0.127 e. The van der Waals surface area contributed by atoms with E-state index in [0.717, 1.165) is 38.8 Å². The highest BCUT2D eigenvalue weighted by Crippen LogP contribution is 2.27. The molecule has 0 aromatic rings. The smallest absolute Gasteiger partial charge is 0.127 e. The second kappa shape index (κ2) is 6.47. The van der Waals surface area contributed by atoms with Gasteiger partial charge < -0.3 is 14.3 Å². The Kier molecular flexibility index (Phi) is 5.56. The number of aldehydes is 1. The molecule has 2 atom stereocenters. The van der Waals surface area contributed by atoms with Crippen molar-refractivity contribution < 1.29 is 14.3 Å². The zero-order valence-corrected chi connectivity index (χ0v) is 11.4. The molecule has 0 amide bonds. The third kappa shape index (κ3) is 3.27. The van der Waals surface area contributed by atoms with Gasteiger partial charge in [-0.3, -0.25) is 4.90 Å². The number of ether oxygens (including phenoxy) is 2. The van der Waals surface area contributed by atoms with E-state index >= 15 is 0 Å². The average molecular weight is 243 g/mol. The van der Waals surface area contributed by atoms with E-state index in [4.69, 9.17) is 9.47 Å². The number of hydrogen-bond donors (Lipinski definition) is 0. The van der Waals surface area contributed by atoms with Gasteiger partial charge >= 0.3 is 0 Å². The van der Waals surface area contributed by atoms with Crippen LogP contribution in [0.2, 0.25) is 0 Å². The standard InChI is InChI=1S/C13H25NO3/c1-5-13(6-2,10-15)9-14-7-11(16-3)12(8-14)17-4/h10-12H,5-9H2,1-4H3. The van der Waals surface area contributed by atoms with E-state index in [1.54, 1.807) is 14.2 Å². The van der Waals surface area contributed by atoms with Crippen molar-refractivity contribution in [2.24, 2.45) is 5.41 Å². The van der Waals surface area contributed by atoms with Gasteiger partial charge in [0.25, 0.3) is 0 Å². The van der Waals surface area contributed by atoms with Crippen LogP contribution in [-0.2, 0) is 14.3 Å². The van der Waals surface area contributed by atoms with Crippen LogP contribution in [0.15, 0.2) is 0 Å². The summed E-state index contributed by atoms with van der Waals surface area (Å²) in [6, 6.07) is 0. The Hall–Kier alpha value is -0.450. The third-order valence-electron chi connectivity index (χ3n) is 4.09. The maximum atomic E-state index is 11.3. The summed E-state index contributed by atoms with van der Waals surface area (Å²) in [5, 5.41) is 0. The highest BCUT2D eigenvalue weighted by atomic mass is 16.5. The summed E-state index contributed by atoms with van der Waals surface area (Å²) in [7, 11) is 3.43. The second-order valence-corrected chi connectivity index (χ2v) is 4.93. The maximum absolute atomic E-state index is 11.3. The van der Waals surface area contributed by atoms with Crippen molar-refractivity contribution in [2.75, 3.05) is 33.9 Å². The minimum absolute atomic E-state index is 0.123. The predicted octanol–water partition coefficient (Wildman–Crippen LogP) is 1.34. The Balaban J connectivity index is 2.61. The molecule has 0 aromatic heterocycles. The van der Waals surface area contributed by atoms with Crippen LogP contribution in [0, 0.1) is 5.41 Å². The van der Waals surface area contributed by atoms with E-state index in [1.807, 2.05) is 0 Å². The monoisotopic (exact) mass is 243 g/mol. The second-order valence-electron chi connectivity index (χ2n) is 4.93. The molecule has 1 aliphatic rings. The van der Waals surface area contributed by atoms with E-state index in [9.17, 15) is 4.79 Å². The van der Waals surface area contributed by atoms with E-state index in [-0.39, 0.29) is 17.6 Å². The third-order valence-corrected chi connectivity index (χ3v) is 4.09. The first-order valence-corrected chi connectivity index (χ1v) is 6.39. The molecule has 100 valence electrons. The summed E-state index contributed by atoms with van der Waals surface area (Å²) in [5.74, 6) is 0. The van der Waals surface area contributed by atoms with Gasteiger partial charge in [0.1, 0.15) is 6.29 Å². The van der Waals surface area contributed by atoms with Crippen molar-refractivity contribution >= 4 is 6.29 Å². The molecule has 2 unspecified atom stereocenters.